The number of rotatable bonds is 10. The molecule has 0 aromatic heterocycles. The van der Waals surface area contributed by atoms with Crippen molar-refractivity contribution in [3.8, 4) is 5.75 Å². The molecule has 1 saturated carbocycles. The molecule has 2 aromatic rings. The van der Waals surface area contributed by atoms with Gasteiger partial charge in [0.1, 0.15) is 18.3 Å². The van der Waals surface area contributed by atoms with E-state index in [1.807, 2.05) is 0 Å². The lowest BCUT2D eigenvalue weighted by Crippen LogP contribution is -2.52. The monoisotopic (exact) mass is 555 g/mol. The molecule has 0 heterocycles. The lowest BCUT2D eigenvalue weighted by Gasteiger charge is -2.32. The molecule has 1 atom stereocenters. The third-order valence-corrected chi connectivity index (χ3v) is 7.97. The molecule has 0 radical (unpaired) electrons. The molecule has 1 fully saturated rings. The minimum atomic E-state index is -3.84. The van der Waals surface area contributed by atoms with Gasteiger partial charge in [-0.05, 0) is 49.6 Å². The molecule has 0 bridgehead atoms. The normalized spacial score (nSPS) is 14.8. The van der Waals surface area contributed by atoms with E-state index in [4.69, 9.17) is 27.9 Å². The van der Waals surface area contributed by atoms with Gasteiger partial charge in [-0.3, -0.25) is 13.9 Å². The Kier molecular flexibility index (Phi) is 9.49. The van der Waals surface area contributed by atoms with Crippen molar-refractivity contribution in [1.82, 2.24) is 10.2 Å². The Morgan fingerprint density at radius 3 is 2.44 bits per heavy atom. The topological polar surface area (TPSA) is 96.0 Å². The third kappa shape index (κ3) is 7.27. The highest BCUT2D eigenvalue weighted by molar-refractivity contribution is 7.92. The van der Waals surface area contributed by atoms with E-state index in [1.165, 1.54) is 18.1 Å². The molecule has 8 nitrogen and oxygen atoms in total. The number of sulfonamides is 1. The number of nitrogens with zero attached hydrogens (tertiary/aromatic N) is 2. The second-order valence-electron chi connectivity index (χ2n) is 8.89. The summed E-state index contributed by atoms with van der Waals surface area (Å²) < 4.78 is 31.6. The number of halogens is 2. The van der Waals surface area contributed by atoms with Crippen molar-refractivity contribution in [2.45, 2.75) is 51.2 Å². The average Bonchev–Trinajstić information content (AvgIpc) is 3.33. The van der Waals surface area contributed by atoms with Gasteiger partial charge in [0.05, 0.1) is 19.1 Å². The number of amides is 2. The Morgan fingerprint density at radius 2 is 1.83 bits per heavy atom. The van der Waals surface area contributed by atoms with Gasteiger partial charge < -0.3 is 15.0 Å². The highest BCUT2D eigenvalue weighted by Gasteiger charge is 2.31. The van der Waals surface area contributed by atoms with Crippen molar-refractivity contribution in [2.24, 2.45) is 0 Å². The van der Waals surface area contributed by atoms with Crippen LogP contribution in [0.25, 0.3) is 0 Å². The Bertz CT molecular complexity index is 1200. The Labute approximate surface area is 222 Å². The molecule has 0 aliphatic heterocycles. The molecule has 1 aliphatic carbocycles. The van der Waals surface area contributed by atoms with Crippen molar-refractivity contribution in [1.29, 1.82) is 0 Å². The number of nitrogens with one attached hydrogen (secondary N) is 1. The van der Waals surface area contributed by atoms with Crippen molar-refractivity contribution in [3.63, 3.8) is 0 Å². The van der Waals surface area contributed by atoms with Gasteiger partial charge in [-0.25, -0.2) is 8.42 Å². The van der Waals surface area contributed by atoms with Gasteiger partial charge in [0.15, 0.2) is 0 Å². The van der Waals surface area contributed by atoms with Crippen LogP contribution in [-0.2, 0) is 26.2 Å². The van der Waals surface area contributed by atoms with Crippen LogP contribution in [0.4, 0.5) is 5.69 Å². The number of anilines is 1. The molecule has 2 amide bonds. The van der Waals surface area contributed by atoms with Gasteiger partial charge in [-0.15, -0.1) is 0 Å². The number of benzene rings is 2. The van der Waals surface area contributed by atoms with Gasteiger partial charge in [-0.1, -0.05) is 48.2 Å². The van der Waals surface area contributed by atoms with Crippen molar-refractivity contribution >= 4 is 50.7 Å². The minimum absolute atomic E-state index is 0.00377. The predicted octanol–water partition coefficient (Wildman–Crippen LogP) is 4.24. The number of ether oxygens (including phenoxy) is 1. The summed E-state index contributed by atoms with van der Waals surface area (Å²) in [5.74, 6) is -0.404. The smallest absolute Gasteiger partial charge is 0.244 e. The van der Waals surface area contributed by atoms with Crippen LogP contribution in [0.5, 0.6) is 5.75 Å². The van der Waals surface area contributed by atoms with Crippen LogP contribution in [0.1, 0.15) is 38.2 Å². The first-order valence-corrected chi connectivity index (χ1v) is 14.3. The Balaban J connectivity index is 1.91. The van der Waals surface area contributed by atoms with Crippen LogP contribution >= 0.6 is 23.2 Å². The molecule has 36 heavy (non-hydrogen) atoms. The zero-order valence-electron chi connectivity index (χ0n) is 20.5. The fourth-order valence-corrected chi connectivity index (χ4v) is 5.50. The van der Waals surface area contributed by atoms with E-state index in [2.05, 4.69) is 5.32 Å². The summed E-state index contributed by atoms with van der Waals surface area (Å²) in [6.07, 6.45) is 4.91. The van der Waals surface area contributed by atoms with Crippen molar-refractivity contribution < 1.29 is 22.7 Å². The SMILES string of the molecule is COc1cccc(N(CC(=O)N(Cc2ccc(Cl)cc2Cl)[C@H](C)C(=O)NC2CCCC2)S(C)(=O)=O)c1. The third-order valence-electron chi connectivity index (χ3n) is 6.25. The molecule has 1 aliphatic rings. The fourth-order valence-electron chi connectivity index (χ4n) is 4.19. The zero-order valence-corrected chi connectivity index (χ0v) is 22.9. The molecule has 3 rings (SSSR count). The van der Waals surface area contributed by atoms with Crippen LogP contribution in [0.15, 0.2) is 42.5 Å². The predicted molar refractivity (Wildman–Crippen MR) is 142 cm³/mol. The molecule has 196 valence electrons. The Morgan fingerprint density at radius 1 is 1.14 bits per heavy atom. The zero-order chi connectivity index (χ0) is 26.5. The lowest BCUT2D eigenvalue weighted by atomic mass is 10.1. The molecule has 0 unspecified atom stereocenters. The van der Waals surface area contributed by atoms with E-state index in [9.17, 15) is 18.0 Å². The first-order valence-electron chi connectivity index (χ1n) is 11.6. The summed E-state index contributed by atoms with van der Waals surface area (Å²) in [6.45, 7) is 1.13. The molecule has 1 N–H and O–H groups in total. The molecular formula is C25H31Cl2N3O5S. The molecule has 0 spiro atoms. The van der Waals surface area contributed by atoms with Crippen LogP contribution in [0.3, 0.4) is 0 Å². The second-order valence-corrected chi connectivity index (χ2v) is 11.6. The average molecular weight is 557 g/mol. The lowest BCUT2D eigenvalue weighted by molar-refractivity contribution is -0.139. The van der Waals surface area contributed by atoms with Gasteiger partial charge in [0.2, 0.25) is 21.8 Å². The first-order chi connectivity index (χ1) is 17.0. The van der Waals surface area contributed by atoms with E-state index < -0.39 is 28.5 Å². The summed E-state index contributed by atoms with van der Waals surface area (Å²) >= 11 is 12.4. The maximum atomic E-state index is 13.6. The molecular weight excluding hydrogens is 525 g/mol. The summed E-state index contributed by atoms with van der Waals surface area (Å²) in [5.41, 5.74) is 0.861. The van der Waals surface area contributed by atoms with Crippen molar-refractivity contribution in [2.75, 3.05) is 24.2 Å². The van der Waals surface area contributed by atoms with Crippen molar-refractivity contribution in [3.05, 3.63) is 58.1 Å². The highest BCUT2D eigenvalue weighted by Crippen LogP contribution is 2.26. The van der Waals surface area contributed by atoms with E-state index in [-0.39, 0.29) is 24.2 Å². The number of methoxy groups -OCH3 is 1. The maximum Gasteiger partial charge on any atom is 0.244 e. The molecule has 0 saturated heterocycles. The number of carbonyl (C=O) groups excluding carboxylic acids is 2. The summed E-state index contributed by atoms with van der Waals surface area (Å²) in [6, 6.07) is 10.5. The van der Waals surface area contributed by atoms with Crippen LogP contribution in [-0.4, -0.2) is 57.1 Å². The van der Waals surface area contributed by atoms with Gasteiger partial charge in [0.25, 0.3) is 0 Å². The van der Waals surface area contributed by atoms with E-state index in [0.717, 1.165) is 36.2 Å². The standard InChI is InChI=1S/C25H31Cl2N3O5S/c1-17(25(32)28-20-7-4-5-8-20)29(15-18-11-12-19(26)13-23(18)27)24(31)16-30(36(3,33)34)21-9-6-10-22(14-21)35-2/h6,9-14,17,20H,4-5,7-8,15-16H2,1-3H3,(H,28,32)/t17-/m1/s1. The maximum absolute atomic E-state index is 13.6. The largest absolute Gasteiger partial charge is 0.497 e. The van der Waals surface area contributed by atoms with Crippen LogP contribution in [0, 0.1) is 0 Å². The minimum Gasteiger partial charge on any atom is -0.497 e. The first kappa shape index (κ1) is 28.1. The Hall–Kier alpha value is -2.49. The van der Waals surface area contributed by atoms with E-state index in [0.29, 0.717) is 21.4 Å². The highest BCUT2D eigenvalue weighted by atomic mass is 35.5. The summed E-state index contributed by atoms with van der Waals surface area (Å²) in [7, 11) is -2.37. The van der Waals surface area contributed by atoms with Gasteiger partial charge in [0, 0.05) is 28.7 Å². The fraction of sp³-hybridized carbons (Fsp3) is 0.440. The van der Waals surface area contributed by atoms with Gasteiger partial charge >= 0.3 is 0 Å². The number of hydrogen-bond donors (Lipinski definition) is 1. The summed E-state index contributed by atoms with van der Waals surface area (Å²) in [5, 5.41) is 3.80. The molecule has 11 heteroatoms. The molecule has 2 aromatic carbocycles. The number of hydrogen-bond acceptors (Lipinski definition) is 5. The second kappa shape index (κ2) is 12.2. The van der Waals surface area contributed by atoms with E-state index in [1.54, 1.807) is 43.3 Å². The number of carbonyl (C=O) groups is 2. The van der Waals surface area contributed by atoms with E-state index >= 15 is 0 Å². The van der Waals surface area contributed by atoms with Crippen LogP contribution in [0.2, 0.25) is 10.0 Å². The quantitative estimate of drug-likeness (QED) is 0.472. The summed E-state index contributed by atoms with van der Waals surface area (Å²) in [4.78, 5) is 28.1. The van der Waals surface area contributed by atoms with Crippen LogP contribution < -0.4 is 14.4 Å². The van der Waals surface area contributed by atoms with Gasteiger partial charge in [-0.2, -0.15) is 0 Å².